The van der Waals surface area contributed by atoms with Crippen LogP contribution in [-0.4, -0.2) is 29.9 Å². The van der Waals surface area contributed by atoms with E-state index in [1.807, 2.05) is 18.2 Å². The molecule has 0 radical (unpaired) electrons. The van der Waals surface area contributed by atoms with Crippen LogP contribution in [0.5, 0.6) is 0 Å². The Morgan fingerprint density at radius 3 is 2.34 bits per heavy atom. The van der Waals surface area contributed by atoms with E-state index < -0.39 is 6.10 Å². The van der Waals surface area contributed by atoms with E-state index in [-0.39, 0.29) is 11.6 Å². The molecule has 0 heterocycles. The summed E-state index contributed by atoms with van der Waals surface area (Å²) in [6.45, 7) is 7.29. The first-order chi connectivity index (χ1) is 14.0. The highest BCUT2D eigenvalue weighted by Crippen LogP contribution is 2.21. The molecule has 154 valence electrons. The molecule has 3 aromatic rings. The maximum atomic E-state index is 10.4. The minimum Gasteiger partial charge on any atom is -0.389 e. The zero-order valence-electron chi connectivity index (χ0n) is 17.8. The quantitative estimate of drug-likeness (QED) is 0.494. The largest absolute Gasteiger partial charge is 0.389 e. The number of ether oxygens (including phenoxy) is 1. The standard InChI is InChI=1S/C26H33NO2/c1-4-25(22-11-6-5-7-12-22)29-19-24(28)18-27-26(2,3)17-20-14-15-21-10-8-9-13-23(21)16-20/h5-16,24-25,27-28H,4,17-19H2,1-3H3/t24-,25?/m1/s1. The van der Waals surface area contributed by atoms with Crippen LogP contribution in [0.15, 0.2) is 72.8 Å². The van der Waals surface area contributed by atoms with Gasteiger partial charge in [-0.25, -0.2) is 0 Å². The topological polar surface area (TPSA) is 41.5 Å². The number of hydrogen-bond acceptors (Lipinski definition) is 3. The highest BCUT2D eigenvalue weighted by Gasteiger charge is 2.20. The second-order valence-electron chi connectivity index (χ2n) is 8.42. The molecular formula is C26H33NO2. The zero-order chi connectivity index (χ0) is 20.7. The molecule has 3 heteroatoms. The van der Waals surface area contributed by atoms with Gasteiger partial charge in [-0.2, -0.15) is 0 Å². The summed E-state index contributed by atoms with van der Waals surface area (Å²) < 4.78 is 5.98. The van der Waals surface area contributed by atoms with Gasteiger partial charge in [0.25, 0.3) is 0 Å². The first-order valence-corrected chi connectivity index (χ1v) is 10.5. The van der Waals surface area contributed by atoms with Crippen LogP contribution < -0.4 is 5.32 Å². The van der Waals surface area contributed by atoms with Gasteiger partial charge >= 0.3 is 0 Å². The van der Waals surface area contributed by atoms with Crippen molar-refractivity contribution in [1.82, 2.24) is 5.32 Å². The molecule has 3 rings (SSSR count). The second kappa shape index (κ2) is 10.0. The Morgan fingerprint density at radius 1 is 0.931 bits per heavy atom. The molecule has 29 heavy (non-hydrogen) atoms. The molecule has 0 saturated carbocycles. The Hall–Kier alpha value is -2.20. The van der Waals surface area contributed by atoms with E-state index in [4.69, 9.17) is 4.74 Å². The van der Waals surface area contributed by atoms with Crippen LogP contribution in [0.3, 0.4) is 0 Å². The van der Waals surface area contributed by atoms with Gasteiger partial charge in [-0.3, -0.25) is 0 Å². The van der Waals surface area contributed by atoms with Gasteiger partial charge in [0, 0.05) is 12.1 Å². The van der Waals surface area contributed by atoms with Crippen molar-refractivity contribution in [1.29, 1.82) is 0 Å². The second-order valence-corrected chi connectivity index (χ2v) is 8.42. The minimum atomic E-state index is -0.538. The molecule has 0 fully saturated rings. The molecule has 0 amide bonds. The maximum Gasteiger partial charge on any atom is 0.0898 e. The molecule has 0 bridgehead atoms. The summed E-state index contributed by atoms with van der Waals surface area (Å²) in [6, 6.07) is 25.3. The van der Waals surface area contributed by atoms with Crippen molar-refractivity contribution >= 4 is 10.8 Å². The SMILES string of the molecule is CCC(OC[C@H](O)CNC(C)(C)Cc1ccc2ccccc2c1)c1ccccc1. The number of fused-ring (bicyclic) bond motifs is 1. The van der Waals surface area contributed by atoms with E-state index >= 15 is 0 Å². The summed E-state index contributed by atoms with van der Waals surface area (Å²) in [5, 5.41) is 16.5. The number of nitrogens with one attached hydrogen (secondary N) is 1. The van der Waals surface area contributed by atoms with Crippen molar-refractivity contribution in [3.63, 3.8) is 0 Å². The van der Waals surface area contributed by atoms with E-state index in [1.54, 1.807) is 0 Å². The lowest BCUT2D eigenvalue weighted by molar-refractivity contribution is -0.0132. The predicted octanol–water partition coefficient (Wildman–Crippen LogP) is 5.28. The van der Waals surface area contributed by atoms with Crippen LogP contribution in [0.25, 0.3) is 10.8 Å². The average Bonchev–Trinajstić information content (AvgIpc) is 2.73. The minimum absolute atomic E-state index is 0.0245. The third kappa shape index (κ3) is 6.40. The van der Waals surface area contributed by atoms with E-state index in [2.05, 4.69) is 80.7 Å². The first-order valence-electron chi connectivity index (χ1n) is 10.5. The van der Waals surface area contributed by atoms with E-state index in [1.165, 1.54) is 16.3 Å². The number of rotatable bonds is 10. The fourth-order valence-corrected chi connectivity index (χ4v) is 3.72. The molecule has 0 aliphatic heterocycles. The molecule has 2 atom stereocenters. The molecule has 3 aromatic carbocycles. The third-order valence-corrected chi connectivity index (χ3v) is 5.31. The van der Waals surface area contributed by atoms with Gasteiger partial charge in [0.15, 0.2) is 0 Å². The Bertz CT molecular complexity index is 891. The van der Waals surface area contributed by atoms with Crippen LogP contribution in [-0.2, 0) is 11.2 Å². The van der Waals surface area contributed by atoms with Gasteiger partial charge in [0.05, 0.1) is 18.8 Å². The monoisotopic (exact) mass is 391 g/mol. The van der Waals surface area contributed by atoms with Crippen LogP contribution in [0.4, 0.5) is 0 Å². The Kier molecular flexibility index (Phi) is 7.43. The predicted molar refractivity (Wildman–Crippen MR) is 121 cm³/mol. The summed E-state index contributed by atoms with van der Waals surface area (Å²) in [5.41, 5.74) is 2.33. The van der Waals surface area contributed by atoms with Gasteiger partial charge in [0.2, 0.25) is 0 Å². The Morgan fingerprint density at radius 2 is 1.62 bits per heavy atom. The molecule has 2 N–H and O–H groups in total. The molecule has 1 unspecified atom stereocenters. The summed E-state index contributed by atoms with van der Waals surface area (Å²) in [5.74, 6) is 0. The van der Waals surface area contributed by atoms with Crippen molar-refractivity contribution < 1.29 is 9.84 Å². The summed E-state index contributed by atoms with van der Waals surface area (Å²) >= 11 is 0. The lowest BCUT2D eigenvalue weighted by Gasteiger charge is -2.28. The van der Waals surface area contributed by atoms with E-state index in [0.29, 0.717) is 13.2 Å². The number of aliphatic hydroxyl groups is 1. The van der Waals surface area contributed by atoms with Crippen molar-refractivity contribution in [3.05, 3.63) is 83.9 Å². The molecule has 0 aliphatic rings. The first kappa shape index (κ1) is 21.5. The molecule has 0 saturated heterocycles. The van der Waals surface area contributed by atoms with Crippen molar-refractivity contribution in [2.45, 2.75) is 51.4 Å². The maximum absolute atomic E-state index is 10.4. The van der Waals surface area contributed by atoms with Gasteiger partial charge in [-0.1, -0.05) is 79.7 Å². The lowest BCUT2D eigenvalue weighted by atomic mass is 9.93. The van der Waals surface area contributed by atoms with Crippen LogP contribution in [0.1, 0.15) is 44.4 Å². The molecular weight excluding hydrogens is 358 g/mol. The summed E-state index contributed by atoms with van der Waals surface area (Å²) in [6.07, 6.45) is 1.27. The van der Waals surface area contributed by atoms with Crippen molar-refractivity contribution in [2.24, 2.45) is 0 Å². The summed E-state index contributed by atoms with van der Waals surface area (Å²) in [7, 11) is 0. The van der Waals surface area contributed by atoms with Crippen molar-refractivity contribution in [2.75, 3.05) is 13.2 Å². The molecule has 0 aliphatic carbocycles. The zero-order valence-corrected chi connectivity index (χ0v) is 17.8. The van der Waals surface area contributed by atoms with Gasteiger partial charge < -0.3 is 15.2 Å². The van der Waals surface area contributed by atoms with Gasteiger partial charge in [-0.15, -0.1) is 0 Å². The van der Waals surface area contributed by atoms with Crippen molar-refractivity contribution in [3.8, 4) is 0 Å². The molecule has 0 spiro atoms. The number of benzene rings is 3. The number of aliphatic hydroxyl groups excluding tert-OH is 1. The molecule has 3 nitrogen and oxygen atoms in total. The smallest absolute Gasteiger partial charge is 0.0898 e. The highest BCUT2D eigenvalue weighted by molar-refractivity contribution is 5.83. The molecule has 0 aromatic heterocycles. The fourth-order valence-electron chi connectivity index (χ4n) is 3.72. The average molecular weight is 392 g/mol. The van der Waals surface area contributed by atoms with E-state index in [9.17, 15) is 5.11 Å². The normalized spacial score (nSPS) is 14.1. The van der Waals surface area contributed by atoms with Crippen LogP contribution >= 0.6 is 0 Å². The van der Waals surface area contributed by atoms with Crippen LogP contribution in [0.2, 0.25) is 0 Å². The van der Waals surface area contributed by atoms with E-state index in [0.717, 1.165) is 18.4 Å². The lowest BCUT2D eigenvalue weighted by Crippen LogP contribution is -2.46. The van der Waals surface area contributed by atoms with Gasteiger partial charge in [0.1, 0.15) is 0 Å². The summed E-state index contributed by atoms with van der Waals surface area (Å²) in [4.78, 5) is 0. The number of hydrogen-bond donors (Lipinski definition) is 2. The van der Waals surface area contributed by atoms with Crippen LogP contribution in [0, 0.1) is 0 Å². The fraction of sp³-hybridized carbons (Fsp3) is 0.385. The third-order valence-electron chi connectivity index (χ3n) is 5.31. The number of β-amino-alcohol motifs (C(OH)–C–C–N with tert-alkyl or cyclic N) is 1. The van der Waals surface area contributed by atoms with Gasteiger partial charge in [-0.05, 0) is 48.6 Å². The highest BCUT2D eigenvalue weighted by atomic mass is 16.5. The Labute approximate surface area is 174 Å². The Balaban J connectivity index is 1.49.